The van der Waals surface area contributed by atoms with Gasteiger partial charge < -0.3 is 10.1 Å². The van der Waals surface area contributed by atoms with Crippen LogP contribution in [0.2, 0.25) is 0 Å². The van der Waals surface area contributed by atoms with E-state index < -0.39 is 6.36 Å². The third kappa shape index (κ3) is 7.34. The molecule has 0 radical (unpaired) electrons. The molecule has 1 heterocycles. The summed E-state index contributed by atoms with van der Waals surface area (Å²) in [5, 5.41) is 3.08. The molecule has 140 valence electrons. The van der Waals surface area contributed by atoms with E-state index in [-0.39, 0.29) is 17.7 Å². The van der Waals surface area contributed by atoms with Crippen molar-refractivity contribution in [3.63, 3.8) is 0 Å². The summed E-state index contributed by atoms with van der Waals surface area (Å²) in [6, 6.07) is 6.20. The van der Waals surface area contributed by atoms with E-state index in [1.165, 1.54) is 12.1 Å². The van der Waals surface area contributed by atoms with Crippen molar-refractivity contribution in [1.29, 1.82) is 0 Å². The molecule has 1 saturated heterocycles. The molecule has 2 rings (SSSR count). The largest absolute Gasteiger partial charge is 0.573 e. The van der Waals surface area contributed by atoms with Crippen LogP contribution in [0.5, 0.6) is 5.75 Å². The molecule has 4 nitrogen and oxygen atoms in total. The number of rotatable bonds is 7. The molecule has 1 N–H and O–H groups in total. The van der Waals surface area contributed by atoms with Crippen LogP contribution in [0.15, 0.2) is 24.3 Å². The second-order valence-corrected chi connectivity index (χ2v) is 6.41. The maximum Gasteiger partial charge on any atom is 0.573 e. The number of ether oxygens (including phenoxy) is 1. The van der Waals surface area contributed by atoms with E-state index in [2.05, 4.69) is 21.9 Å². The first-order valence-electron chi connectivity index (χ1n) is 8.72. The van der Waals surface area contributed by atoms with Crippen molar-refractivity contribution in [2.24, 2.45) is 0 Å². The minimum Gasteiger partial charge on any atom is -0.406 e. The van der Waals surface area contributed by atoms with Crippen molar-refractivity contribution in [3.8, 4) is 5.75 Å². The van der Waals surface area contributed by atoms with E-state index in [9.17, 15) is 18.0 Å². The fourth-order valence-electron chi connectivity index (χ4n) is 2.93. The van der Waals surface area contributed by atoms with E-state index >= 15 is 0 Å². The normalized spacial score (nSPS) is 16.6. The quantitative estimate of drug-likeness (QED) is 0.805. The Morgan fingerprint density at radius 2 is 1.88 bits per heavy atom. The van der Waals surface area contributed by atoms with Crippen molar-refractivity contribution in [2.45, 2.75) is 58.0 Å². The first kappa shape index (κ1) is 19.6. The molecule has 0 atom stereocenters. The molecule has 7 heteroatoms. The van der Waals surface area contributed by atoms with Crippen molar-refractivity contribution in [2.75, 3.05) is 13.1 Å². The molecule has 0 bridgehead atoms. The van der Waals surface area contributed by atoms with Gasteiger partial charge in [-0.05, 0) is 37.0 Å². The number of unbranched alkanes of at least 4 members (excludes halogenated alkanes) is 1. The number of amides is 1. The number of hydrogen-bond acceptors (Lipinski definition) is 3. The van der Waals surface area contributed by atoms with Gasteiger partial charge in [-0.3, -0.25) is 9.69 Å². The van der Waals surface area contributed by atoms with Gasteiger partial charge in [-0.15, -0.1) is 13.2 Å². The zero-order valence-corrected chi connectivity index (χ0v) is 14.4. The number of nitrogens with zero attached hydrogens (tertiary/aromatic N) is 1. The monoisotopic (exact) mass is 358 g/mol. The number of benzene rings is 1. The molecule has 0 aliphatic carbocycles. The van der Waals surface area contributed by atoms with Crippen LogP contribution in [0.3, 0.4) is 0 Å². The van der Waals surface area contributed by atoms with Crippen molar-refractivity contribution in [1.82, 2.24) is 10.2 Å². The Labute approximate surface area is 146 Å². The second kappa shape index (κ2) is 9.08. The first-order chi connectivity index (χ1) is 11.9. The van der Waals surface area contributed by atoms with E-state index in [4.69, 9.17) is 0 Å². The smallest absolute Gasteiger partial charge is 0.406 e. The lowest BCUT2D eigenvalue weighted by Crippen LogP contribution is -2.44. The number of nitrogens with one attached hydrogen (secondary N) is 1. The summed E-state index contributed by atoms with van der Waals surface area (Å²) < 4.78 is 40.3. The van der Waals surface area contributed by atoms with Gasteiger partial charge in [0.25, 0.3) is 0 Å². The van der Waals surface area contributed by atoms with Gasteiger partial charge in [0.2, 0.25) is 5.91 Å². The van der Waals surface area contributed by atoms with E-state index in [1.807, 2.05) is 0 Å². The van der Waals surface area contributed by atoms with Crippen LogP contribution in [0, 0.1) is 0 Å². The molecule has 1 fully saturated rings. The average Bonchev–Trinajstić information content (AvgIpc) is 2.55. The van der Waals surface area contributed by atoms with E-state index in [0.717, 1.165) is 44.3 Å². The molecule has 0 unspecified atom stereocenters. The van der Waals surface area contributed by atoms with E-state index in [0.29, 0.717) is 13.0 Å². The van der Waals surface area contributed by atoms with Gasteiger partial charge in [0.15, 0.2) is 0 Å². The standard InChI is InChI=1S/C18H25F3N2O2/c1-2-3-4-17(24)22-15-9-11-23(12-10-15)13-14-5-7-16(8-6-14)25-18(19,20)21/h5-8,15H,2-4,9-13H2,1H3,(H,22,24). The third-order valence-corrected chi connectivity index (χ3v) is 4.27. The zero-order chi connectivity index (χ0) is 18.3. The summed E-state index contributed by atoms with van der Waals surface area (Å²) in [6.07, 6.45) is -0.355. The highest BCUT2D eigenvalue weighted by Gasteiger charge is 2.31. The fourth-order valence-corrected chi connectivity index (χ4v) is 2.93. The van der Waals surface area contributed by atoms with Crippen LogP contribution < -0.4 is 10.1 Å². The number of carbonyl (C=O) groups excluding carboxylic acids is 1. The summed E-state index contributed by atoms with van der Waals surface area (Å²) in [5.74, 6) is -0.0784. The van der Waals surface area contributed by atoms with Crippen LogP contribution >= 0.6 is 0 Å². The number of likely N-dealkylation sites (tertiary alicyclic amines) is 1. The molecule has 1 aromatic carbocycles. The Kier molecular flexibility index (Phi) is 7.11. The zero-order valence-electron chi connectivity index (χ0n) is 14.4. The van der Waals surface area contributed by atoms with Crippen LogP contribution in [-0.4, -0.2) is 36.3 Å². The van der Waals surface area contributed by atoms with Gasteiger partial charge in [-0.25, -0.2) is 0 Å². The molecule has 0 saturated carbocycles. The fraction of sp³-hybridized carbons (Fsp3) is 0.611. The lowest BCUT2D eigenvalue weighted by atomic mass is 10.0. The van der Waals surface area contributed by atoms with Crippen LogP contribution in [0.4, 0.5) is 13.2 Å². The van der Waals surface area contributed by atoms with E-state index in [1.54, 1.807) is 12.1 Å². The first-order valence-corrected chi connectivity index (χ1v) is 8.72. The molecule has 25 heavy (non-hydrogen) atoms. The lowest BCUT2D eigenvalue weighted by Gasteiger charge is -2.32. The molecule has 1 aliphatic heterocycles. The van der Waals surface area contributed by atoms with Gasteiger partial charge in [0, 0.05) is 32.1 Å². The summed E-state index contributed by atoms with van der Waals surface area (Å²) in [5.41, 5.74) is 0.944. The lowest BCUT2D eigenvalue weighted by molar-refractivity contribution is -0.274. The SMILES string of the molecule is CCCCC(=O)NC1CCN(Cc2ccc(OC(F)(F)F)cc2)CC1. The third-order valence-electron chi connectivity index (χ3n) is 4.27. The maximum atomic E-state index is 12.1. The Hall–Kier alpha value is -1.76. The maximum absolute atomic E-state index is 12.1. The highest BCUT2D eigenvalue weighted by atomic mass is 19.4. The van der Waals surface area contributed by atoms with Gasteiger partial charge in [-0.1, -0.05) is 25.5 Å². The van der Waals surface area contributed by atoms with Crippen LogP contribution in [0.25, 0.3) is 0 Å². The topological polar surface area (TPSA) is 41.6 Å². The predicted molar refractivity (Wildman–Crippen MR) is 89.1 cm³/mol. The number of alkyl halides is 3. The van der Waals surface area contributed by atoms with Crippen LogP contribution in [0.1, 0.15) is 44.6 Å². The van der Waals surface area contributed by atoms with Crippen molar-refractivity contribution >= 4 is 5.91 Å². The highest BCUT2D eigenvalue weighted by molar-refractivity contribution is 5.76. The number of piperidine rings is 1. The summed E-state index contributed by atoms with van der Waals surface area (Å²) in [6.45, 7) is 4.47. The summed E-state index contributed by atoms with van der Waals surface area (Å²) in [4.78, 5) is 14.0. The Morgan fingerprint density at radius 1 is 1.24 bits per heavy atom. The Morgan fingerprint density at radius 3 is 2.44 bits per heavy atom. The summed E-state index contributed by atoms with van der Waals surface area (Å²) in [7, 11) is 0. The predicted octanol–water partition coefficient (Wildman–Crippen LogP) is 3.86. The second-order valence-electron chi connectivity index (χ2n) is 6.41. The molecule has 1 aliphatic rings. The van der Waals surface area contributed by atoms with Crippen LogP contribution in [-0.2, 0) is 11.3 Å². The van der Waals surface area contributed by atoms with Gasteiger partial charge >= 0.3 is 6.36 Å². The minimum absolute atomic E-state index is 0.126. The number of carbonyl (C=O) groups is 1. The molecular weight excluding hydrogens is 333 g/mol. The van der Waals surface area contributed by atoms with Gasteiger partial charge in [0.05, 0.1) is 0 Å². The molecular formula is C18H25F3N2O2. The molecule has 0 aromatic heterocycles. The van der Waals surface area contributed by atoms with Gasteiger partial charge in [0.1, 0.15) is 5.75 Å². The Bertz CT molecular complexity index is 538. The summed E-state index contributed by atoms with van der Waals surface area (Å²) >= 11 is 0. The average molecular weight is 358 g/mol. The molecule has 1 amide bonds. The van der Waals surface area contributed by atoms with Crippen molar-refractivity contribution < 1.29 is 22.7 Å². The minimum atomic E-state index is -4.66. The van der Waals surface area contributed by atoms with Gasteiger partial charge in [-0.2, -0.15) is 0 Å². The molecule has 1 aromatic rings. The number of halogens is 3. The van der Waals surface area contributed by atoms with Crippen molar-refractivity contribution in [3.05, 3.63) is 29.8 Å². The highest BCUT2D eigenvalue weighted by Crippen LogP contribution is 2.23. The number of hydrogen-bond donors (Lipinski definition) is 1. The molecule has 0 spiro atoms. The Balaban J connectivity index is 1.73.